The second kappa shape index (κ2) is 11.6. The predicted molar refractivity (Wildman–Crippen MR) is 163 cm³/mol. The number of hydrogen-bond acceptors (Lipinski definition) is 5. The summed E-state index contributed by atoms with van der Waals surface area (Å²) in [5.41, 5.74) is 3.83. The average molecular weight is 623 g/mol. The standard InChI is InChI=1S/C31H25Cl2N3O5S/c1-18(20-6-8-21(9-7-20)31(38)39)35-30(37)28-14-23(22-4-3-5-27(13-22)42(2,40)41)12-24-16-34-36(29(24)28)17-19-10-25(32)15-26(33)11-19/h3-16,18H,17H2,1-2H3,(H,35,37)(H,38,39)/t18-/m0/s1. The predicted octanol–water partition coefficient (Wildman–Crippen LogP) is 6.65. The van der Waals surface area contributed by atoms with Crippen LogP contribution in [-0.2, 0) is 16.4 Å². The zero-order valence-electron chi connectivity index (χ0n) is 22.5. The summed E-state index contributed by atoms with van der Waals surface area (Å²) in [6, 6.07) is 21.1. The molecule has 2 N–H and O–H groups in total. The van der Waals surface area contributed by atoms with Crippen molar-refractivity contribution in [3.8, 4) is 11.1 Å². The Labute approximate surface area is 252 Å². The fourth-order valence-corrected chi connectivity index (χ4v) is 5.98. The number of carboxylic acid groups (broad SMARTS) is 1. The number of sulfone groups is 1. The molecule has 1 heterocycles. The number of aromatic nitrogens is 2. The summed E-state index contributed by atoms with van der Waals surface area (Å²) in [6.07, 6.45) is 2.79. The molecular weight excluding hydrogens is 597 g/mol. The van der Waals surface area contributed by atoms with E-state index in [0.29, 0.717) is 44.2 Å². The summed E-state index contributed by atoms with van der Waals surface area (Å²) in [5, 5.41) is 18.4. The van der Waals surface area contributed by atoms with Crippen LogP contribution in [0.4, 0.5) is 0 Å². The van der Waals surface area contributed by atoms with Gasteiger partial charge in [0.2, 0.25) is 0 Å². The van der Waals surface area contributed by atoms with E-state index >= 15 is 0 Å². The number of carboxylic acids is 1. The van der Waals surface area contributed by atoms with Gasteiger partial charge < -0.3 is 10.4 Å². The van der Waals surface area contributed by atoms with Crippen LogP contribution in [0.1, 0.15) is 44.8 Å². The summed E-state index contributed by atoms with van der Waals surface area (Å²) in [4.78, 5) is 25.3. The molecule has 0 spiro atoms. The molecule has 1 aromatic heterocycles. The van der Waals surface area contributed by atoms with Crippen molar-refractivity contribution in [3.05, 3.63) is 117 Å². The maximum absolute atomic E-state index is 13.9. The molecule has 0 fully saturated rings. The van der Waals surface area contributed by atoms with Crippen LogP contribution in [-0.4, -0.2) is 41.4 Å². The maximum Gasteiger partial charge on any atom is 0.335 e. The molecule has 0 saturated carbocycles. The Hall–Kier alpha value is -4.18. The molecule has 42 heavy (non-hydrogen) atoms. The Bertz CT molecular complexity index is 1930. The number of aromatic carboxylic acids is 1. The first-order valence-corrected chi connectivity index (χ1v) is 15.4. The maximum atomic E-state index is 13.9. The molecule has 0 bridgehead atoms. The number of nitrogens with zero attached hydrogens (tertiary/aromatic N) is 2. The molecule has 0 saturated heterocycles. The van der Waals surface area contributed by atoms with Gasteiger partial charge in [-0.1, -0.05) is 47.5 Å². The molecule has 0 radical (unpaired) electrons. The lowest BCUT2D eigenvalue weighted by Crippen LogP contribution is -2.27. The monoisotopic (exact) mass is 621 g/mol. The zero-order chi connectivity index (χ0) is 30.2. The van der Waals surface area contributed by atoms with E-state index in [9.17, 15) is 23.1 Å². The van der Waals surface area contributed by atoms with Gasteiger partial charge in [0.05, 0.1) is 40.3 Å². The lowest BCUT2D eigenvalue weighted by molar-refractivity contribution is 0.0696. The van der Waals surface area contributed by atoms with Crippen LogP contribution in [0.3, 0.4) is 0 Å². The lowest BCUT2D eigenvalue weighted by Gasteiger charge is -2.17. The van der Waals surface area contributed by atoms with E-state index in [1.807, 2.05) is 6.07 Å². The molecule has 5 rings (SSSR count). The van der Waals surface area contributed by atoms with E-state index in [-0.39, 0.29) is 16.4 Å². The van der Waals surface area contributed by atoms with Gasteiger partial charge in [0.15, 0.2) is 9.84 Å². The van der Waals surface area contributed by atoms with Gasteiger partial charge in [-0.05, 0) is 83.8 Å². The van der Waals surface area contributed by atoms with E-state index in [1.165, 1.54) is 18.2 Å². The third kappa shape index (κ3) is 6.33. The van der Waals surface area contributed by atoms with Crippen LogP contribution >= 0.6 is 23.2 Å². The third-order valence-electron chi connectivity index (χ3n) is 6.83. The Kier molecular flexibility index (Phi) is 8.10. The molecular formula is C31H25Cl2N3O5S. The van der Waals surface area contributed by atoms with Crippen molar-refractivity contribution in [2.24, 2.45) is 0 Å². The molecule has 214 valence electrons. The quantitative estimate of drug-likeness (QED) is 0.200. The largest absolute Gasteiger partial charge is 0.478 e. The Morgan fingerprint density at radius 3 is 2.29 bits per heavy atom. The van der Waals surface area contributed by atoms with Crippen LogP contribution in [0.25, 0.3) is 22.0 Å². The van der Waals surface area contributed by atoms with Gasteiger partial charge in [-0.3, -0.25) is 9.48 Å². The number of rotatable bonds is 8. The number of fused-ring (bicyclic) bond motifs is 1. The van der Waals surface area contributed by atoms with Gasteiger partial charge in [0.1, 0.15) is 0 Å². The molecule has 1 amide bonds. The first kappa shape index (κ1) is 29.3. The number of carbonyl (C=O) groups is 2. The van der Waals surface area contributed by atoms with Crippen LogP contribution in [0.5, 0.6) is 0 Å². The fraction of sp³-hybridized carbons (Fsp3) is 0.129. The van der Waals surface area contributed by atoms with E-state index in [2.05, 4.69) is 10.4 Å². The van der Waals surface area contributed by atoms with Crippen molar-refractivity contribution in [1.82, 2.24) is 15.1 Å². The summed E-state index contributed by atoms with van der Waals surface area (Å²) in [7, 11) is -3.45. The van der Waals surface area contributed by atoms with Crippen molar-refractivity contribution >= 4 is 55.8 Å². The summed E-state index contributed by atoms with van der Waals surface area (Å²) >= 11 is 12.4. The fourth-order valence-electron chi connectivity index (χ4n) is 4.75. The van der Waals surface area contributed by atoms with Crippen LogP contribution in [0, 0.1) is 0 Å². The van der Waals surface area contributed by atoms with Crippen molar-refractivity contribution in [3.63, 3.8) is 0 Å². The number of hydrogen-bond donors (Lipinski definition) is 2. The van der Waals surface area contributed by atoms with Gasteiger partial charge >= 0.3 is 5.97 Å². The first-order chi connectivity index (χ1) is 19.9. The minimum Gasteiger partial charge on any atom is -0.478 e. The summed E-state index contributed by atoms with van der Waals surface area (Å²) in [5.74, 6) is -1.42. The van der Waals surface area contributed by atoms with Crippen molar-refractivity contribution in [2.75, 3.05) is 6.26 Å². The highest BCUT2D eigenvalue weighted by Gasteiger charge is 2.20. The zero-order valence-corrected chi connectivity index (χ0v) is 24.8. The molecule has 11 heteroatoms. The highest BCUT2D eigenvalue weighted by molar-refractivity contribution is 7.90. The number of nitrogens with one attached hydrogen (secondary N) is 1. The van der Waals surface area contributed by atoms with Crippen LogP contribution < -0.4 is 5.32 Å². The highest BCUT2D eigenvalue weighted by Crippen LogP contribution is 2.31. The molecule has 0 aliphatic rings. The first-order valence-electron chi connectivity index (χ1n) is 12.8. The average Bonchev–Trinajstić information content (AvgIpc) is 3.34. The van der Waals surface area contributed by atoms with Gasteiger partial charge in [-0.2, -0.15) is 5.10 Å². The number of halogens is 2. The van der Waals surface area contributed by atoms with Crippen molar-refractivity contribution in [1.29, 1.82) is 0 Å². The number of carbonyl (C=O) groups excluding carboxylic acids is 1. The van der Waals surface area contributed by atoms with E-state index in [4.69, 9.17) is 23.2 Å². The van der Waals surface area contributed by atoms with Crippen molar-refractivity contribution in [2.45, 2.75) is 24.4 Å². The minimum atomic E-state index is -3.45. The Balaban J connectivity index is 1.59. The second-order valence-electron chi connectivity index (χ2n) is 9.96. The Morgan fingerprint density at radius 1 is 0.952 bits per heavy atom. The summed E-state index contributed by atoms with van der Waals surface area (Å²) < 4.78 is 26.1. The number of amides is 1. The van der Waals surface area contributed by atoms with E-state index in [0.717, 1.165) is 17.4 Å². The topological polar surface area (TPSA) is 118 Å². The van der Waals surface area contributed by atoms with Crippen molar-refractivity contribution < 1.29 is 23.1 Å². The molecule has 4 aromatic carbocycles. The Morgan fingerprint density at radius 2 is 1.64 bits per heavy atom. The third-order valence-corrected chi connectivity index (χ3v) is 8.38. The smallest absolute Gasteiger partial charge is 0.335 e. The normalized spacial score (nSPS) is 12.3. The van der Waals surface area contributed by atoms with Gasteiger partial charge in [0, 0.05) is 21.7 Å². The second-order valence-corrected chi connectivity index (χ2v) is 12.9. The van der Waals surface area contributed by atoms with Gasteiger partial charge in [-0.15, -0.1) is 0 Å². The minimum absolute atomic E-state index is 0.146. The molecule has 0 unspecified atom stereocenters. The van der Waals surface area contributed by atoms with E-state index < -0.39 is 21.8 Å². The van der Waals surface area contributed by atoms with Gasteiger partial charge in [0.25, 0.3) is 5.91 Å². The molecule has 8 nitrogen and oxygen atoms in total. The SMILES string of the molecule is C[C@H](NC(=O)c1cc(-c2cccc(S(C)(=O)=O)c2)cc2cnn(Cc3cc(Cl)cc(Cl)c3)c12)c1ccc(C(=O)O)cc1. The van der Waals surface area contributed by atoms with Crippen LogP contribution in [0.15, 0.2) is 90.0 Å². The highest BCUT2D eigenvalue weighted by atomic mass is 35.5. The summed E-state index contributed by atoms with van der Waals surface area (Å²) in [6.45, 7) is 2.09. The molecule has 1 atom stereocenters. The van der Waals surface area contributed by atoms with Crippen LogP contribution in [0.2, 0.25) is 10.0 Å². The number of benzene rings is 4. The van der Waals surface area contributed by atoms with E-state index in [1.54, 1.807) is 72.4 Å². The lowest BCUT2D eigenvalue weighted by atomic mass is 9.99. The van der Waals surface area contributed by atoms with Gasteiger partial charge in [-0.25, -0.2) is 13.2 Å². The molecule has 0 aliphatic heterocycles. The molecule has 0 aliphatic carbocycles. The molecule has 5 aromatic rings.